The molecule has 6 heteroatoms. The van der Waals surface area contributed by atoms with Gasteiger partial charge in [0, 0.05) is 48.4 Å². The summed E-state index contributed by atoms with van der Waals surface area (Å²) in [6.45, 7) is 1.29. The van der Waals surface area contributed by atoms with Crippen LogP contribution in [0.4, 0.5) is 5.69 Å². The highest BCUT2D eigenvalue weighted by atomic mass is 16.5. The summed E-state index contributed by atoms with van der Waals surface area (Å²) in [5.74, 6) is -0.0731. The summed E-state index contributed by atoms with van der Waals surface area (Å²) in [4.78, 5) is 29.6. The van der Waals surface area contributed by atoms with Crippen molar-refractivity contribution in [3.8, 4) is 11.3 Å². The van der Waals surface area contributed by atoms with Crippen molar-refractivity contribution in [1.29, 1.82) is 0 Å². The van der Waals surface area contributed by atoms with E-state index in [1.54, 1.807) is 4.90 Å². The number of anilines is 1. The quantitative estimate of drug-likeness (QED) is 0.697. The maximum Gasteiger partial charge on any atom is 0.248 e. The van der Waals surface area contributed by atoms with Crippen LogP contribution in [0.1, 0.15) is 12.8 Å². The van der Waals surface area contributed by atoms with Crippen LogP contribution in [0.25, 0.3) is 22.2 Å². The minimum Gasteiger partial charge on any atom is -0.375 e. The van der Waals surface area contributed by atoms with Crippen LogP contribution in [0, 0.1) is 5.92 Å². The van der Waals surface area contributed by atoms with Crippen LogP contribution in [-0.4, -0.2) is 48.5 Å². The molecule has 150 valence electrons. The number of nitrogens with one attached hydrogen (secondary N) is 2. The number of benzene rings is 2. The molecule has 2 amide bonds. The van der Waals surface area contributed by atoms with Gasteiger partial charge in [-0.15, -0.1) is 0 Å². The fraction of sp³-hybridized carbons (Fsp3) is 0.304. The van der Waals surface area contributed by atoms with E-state index in [4.69, 9.17) is 4.74 Å². The molecule has 0 spiro atoms. The molecule has 0 radical (unpaired) electrons. The molecule has 1 aromatic heterocycles. The Kier molecular flexibility index (Phi) is 5.62. The predicted octanol–water partition coefficient (Wildman–Crippen LogP) is 3.66. The van der Waals surface area contributed by atoms with E-state index in [-0.39, 0.29) is 24.3 Å². The van der Waals surface area contributed by atoms with Crippen LogP contribution in [-0.2, 0) is 14.3 Å². The first-order valence-electron chi connectivity index (χ1n) is 9.90. The van der Waals surface area contributed by atoms with E-state index in [2.05, 4.69) is 28.5 Å². The van der Waals surface area contributed by atoms with Crippen molar-refractivity contribution in [3.63, 3.8) is 0 Å². The lowest BCUT2D eigenvalue weighted by Gasteiger charge is -2.31. The van der Waals surface area contributed by atoms with Gasteiger partial charge in [-0.05, 0) is 42.7 Å². The average Bonchev–Trinajstić information content (AvgIpc) is 3.19. The number of rotatable bonds is 5. The standard InChI is InChI=1S/C23H25N3O3/c1-29-15-22(27)26-12-10-17(11-13-26)23(28)24-19-8-6-16(7-9-19)21-14-18-4-2-3-5-20(18)25-21/h2-9,14,17,25H,10-13,15H2,1H3,(H,24,28). The summed E-state index contributed by atoms with van der Waals surface area (Å²) in [6, 6.07) is 18.2. The number of nitrogens with zero attached hydrogens (tertiary/aromatic N) is 1. The van der Waals surface area contributed by atoms with Gasteiger partial charge >= 0.3 is 0 Å². The third-order valence-electron chi connectivity index (χ3n) is 5.48. The number of piperidine rings is 1. The number of ether oxygens (including phenoxy) is 1. The fourth-order valence-corrected chi connectivity index (χ4v) is 3.81. The summed E-state index contributed by atoms with van der Waals surface area (Å²) in [5, 5.41) is 4.18. The Morgan fingerprint density at radius 3 is 2.52 bits per heavy atom. The van der Waals surface area contributed by atoms with Crippen LogP contribution in [0.5, 0.6) is 0 Å². The number of carbonyl (C=O) groups excluding carboxylic acids is 2. The van der Waals surface area contributed by atoms with E-state index in [0.29, 0.717) is 25.9 Å². The van der Waals surface area contributed by atoms with Crippen molar-refractivity contribution < 1.29 is 14.3 Å². The van der Waals surface area contributed by atoms with Crippen LogP contribution in [0.3, 0.4) is 0 Å². The number of H-pyrrole nitrogens is 1. The second kappa shape index (κ2) is 8.49. The Hall–Kier alpha value is -3.12. The van der Waals surface area contributed by atoms with E-state index in [1.807, 2.05) is 36.4 Å². The SMILES string of the molecule is COCC(=O)N1CCC(C(=O)Nc2ccc(-c3cc4ccccc4[nH]3)cc2)CC1. The molecule has 1 saturated heterocycles. The number of fused-ring (bicyclic) bond motifs is 1. The normalized spacial score (nSPS) is 14.9. The van der Waals surface area contributed by atoms with Crippen molar-refractivity contribution in [2.24, 2.45) is 5.92 Å². The number of aromatic nitrogens is 1. The van der Waals surface area contributed by atoms with Crippen molar-refractivity contribution in [2.45, 2.75) is 12.8 Å². The Bertz CT molecular complexity index is 969. The smallest absolute Gasteiger partial charge is 0.248 e. The van der Waals surface area contributed by atoms with Crippen LogP contribution in [0.2, 0.25) is 0 Å². The summed E-state index contributed by atoms with van der Waals surface area (Å²) >= 11 is 0. The number of para-hydroxylation sites is 1. The maximum atomic E-state index is 12.6. The highest BCUT2D eigenvalue weighted by Crippen LogP contribution is 2.26. The molecule has 0 aliphatic carbocycles. The molecule has 0 unspecified atom stereocenters. The Balaban J connectivity index is 1.35. The summed E-state index contributed by atoms with van der Waals surface area (Å²) in [5.41, 5.74) is 4.02. The molecule has 2 N–H and O–H groups in total. The molecule has 2 aromatic carbocycles. The minimum atomic E-state index is -0.0741. The van der Waals surface area contributed by atoms with Crippen LogP contribution >= 0.6 is 0 Å². The molecule has 2 heterocycles. The second-order valence-corrected chi connectivity index (χ2v) is 7.42. The lowest BCUT2D eigenvalue weighted by atomic mass is 9.95. The summed E-state index contributed by atoms with van der Waals surface area (Å²) < 4.78 is 4.90. The molecule has 4 rings (SSSR count). The van der Waals surface area contributed by atoms with Crippen molar-refractivity contribution in [2.75, 3.05) is 32.1 Å². The molecule has 0 atom stereocenters. The number of hydrogen-bond donors (Lipinski definition) is 2. The zero-order valence-electron chi connectivity index (χ0n) is 16.5. The lowest BCUT2D eigenvalue weighted by molar-refractivity contribution is -0.138. The first-order chi connectivity index (χ1) is 14.1. The van der Waals surface area contributed by atoms with Gasteiger partial charge in [-0.25, -0.2) is 0 Å². The fourth-order valence-electron chi connectivity index (χ4n) is 3.81. The highest BCUT2D eigenvalue weighted by molar-refractivity contribution is 5.93. The number of likely N-dealkylation sites (tertiary alicyclic amines) is 1. The van der Waals surface area contributed by atoms with E-state index >= 15 is 0 Å². The number of methoxy groups -OCH3 is 1. The molecule has 29 heavy (non-hydrogen) atoms. The van der Waals surface area contributed by atoms with Gasteiger partial charge < -0.3 is 19.9 Å². The summed E-state index contributed by atoms with van der Waals surface area (Å²) in [7, 11) is 1.52. The molecule has 3 aromatic rings. The zero-order valence-corrected chi connectivity index (χ0v) is 16.5. The van der Waals surface area contributed by atoms with Gasteiger partial charge in [-0.2, -0.15) is 0 Å². The van der Waals surface area contributed by atoms with E-state index in [9.17, 15) is 9.59 Å². The van der Waals surface area contributed by atoms with Gasteiger partial charge in [0.2, 0.25) is 11.8 Å². The number of amides is 2. The first kappa shape index (κ1) is 19.2. The molecular weight excluding hydrogens is 366 g/mol. The Labute approximate surface area is 169 Å². The van der Waals surface area contributed by atoms with E-state index in [0.717, 1.165) is 22.5 Å². The molecule has 0 saturated carbocycles. The Morgan fingerprint density at radius 2 is 1.83 bits per heavy atom. The Morgan fingerprint density at radius 1 is 1.10 bits per heavy atom. The van der Waals surface area contributed by atoms with Gasteiger partial charge in [-0.3, -0.25) is 9.59 Å². The van der Waals surface area contributed by atoms with Crippen LogP contribution in [0.15, 0.2) is 54.6 Å². The molecule has 1 aliphatic heterocycles. The van der Waals surface area contributed by atoms with E-state index in [1.165, 1.54) is 12.5 Å². The summed E-state index contributed by atoms with van der Waals surface area (Å²) in [6.07, 6.45) is 1.35. The van der Waals surface area contributed by atoms with E-state index < -0.39 is 0 Å². The third-order valence-corrected chi connectivity index (χ3v) is 5.48. The monoisotopic (exact) mass is 391 g/mol. The maximum absolute atomic E-state index is 12.6. The second-order valence-electron chi connectivity index (χ2n) is 7.42. The zero-order chi connectivity index (χ0) is 20.2. The van der Waals surface area contributed by atoms with Crippen molar-refractivity contribution >= 4 is 28.4 Å². The lowest BCUT2D eigenvalue weighted by Crippen LogP contribution is -2.42. The number of aromatic amines is 1. The molecular formula is C23H25N3O3. The van der Waals surface area contributed by atoms with Crippen LogP contribution < -0.4 is 5.32 Å². The molecule has 1 aliphatic rings. The predicted molar refractivity (Wildman–Crippen MR) is 114 cm³/mol. The van der Waals surface area contributed by atoms with Gasteiger partial charge in [0.15, 0.2) is 0 Å². The molecule has 0 bridgehead atoms. The molecule has 6 nitrogen and oxygen atoms in total. The van der Waals surface area contributed by atoms with Gasteiger partial charge in [0.25, 0.3) is 0 Å². The minimum absolute atomic E-state index is 0.0149. The average molecular weight is 391 g/mol. The third kappa shape index (κ3) is 4.32. The van der Waals surface area contributed by atoms with Gasteiger partial charge in [0.05, 0.1) is 0 Å². The highest BCUT2D eigenvalue weighted by Gasteiger charge is 2.27. The van der Waals surface area contributed by atoms with Crippen molar-refractivity contribution in [3.05, 3.63) is 54.6 Å². The molecule has 1 fully saturated rings. The topological polar surface area (TPSA) is 74.4 Å². The van der Waals surface area contributed by atoms with Gasteiger partial charge in [0.1, 0.15) is 6.61 Å². The van der Waals surface area contributed by atoms with Gasteiger partial charge in [-0.1, -0.05) is 30.3 Å². The largest absolute Gasteiger partial charge is 0.375 e. The first-order valence-corrected chi connectivity index (χ1v) is 9.90. The van der Waals surface area contributed by atoms with Crippen molar-refractivity contribution in [1.82, 2.24) is 9.88 Å². The number of hydrogen-bond acceptors (Lipinski definition) is 3. The number of carbonyl (C=O) groups is 2.